The number of carbonyl (C=O) groups excluding carboxylic acids is 3. The fraction of sp³-hybridized carbons (Fsp3) is 0.136. The maximum Gasteiger partial charge on any atom is 0.352 e. The summed E-state index contributed by atoms with van der Waals surface area (Å²) in [5, 5.41) is 28.4. The smallest absolute Gasteiger partial charge is 0.352 e. The van der Waals surface area contributed by atoms with Gasteiger partial charge in [0.2, 0.25) is 0 Å². The number of ether oxygens (including phenoxy) is 1. The van der Waals surface area contributed by atoms with Crippen LogP contribution in [0.1, 0.15) is 55.0 Å². The van der Waals surface area contributed by atoms with Crippen molar-refractivity contribution < 1.29 is 34.1 Å². The Hall–Kier alpha value is -4.25. The molecule has 30 heavy (non-hydrogen) atoms. The van der Waals surface area contributed by atoms with Gasteiger partial charge < -0.3 is 14.9 Å². The number of aromatic carboxylic acids is 1. The number of aliphatic hydroxyl groups is 1. The van der Waals surface area contributed by atoms with Gasteiger partial charge in [-0.25, -0.2) is 9.59 Å². The number of rotatable bonds is 5. The number of ketones is 2. The lowest BCUT2D eigenvalue weighted by Gasteiger charge is -2.09. The van der Waals surface area contributed by atoms with Gasteiger partial charge in [-0.15, -0.1) is 0 Å². The van der Waals surface area contributed by atoms with Crippen LogP contribution in [0.15, 0.2) is 48.0 Å². The van der Waals surface area contributed by atoms with Gasteiger partial charge in [-0.1, -0.05) is 24.3 Å². The van der Waals surface area contributed by atoms with E-state index in [1.807, 2.05) is 0 Å². The molecule has 1 atom stereocenters. The minimum absolute atomic E-state index is 0.0340. The highest BCUT2D eigenvalue weighted by atomic mass is 16.5. The minimum Gasteiger partial charge on any atom is -0.506 e. The van der Waals surface area contributed by atoms with Crippen molar-refractivity contribution in [3.8, 4) is 6.07 Å². The first-order valence-electron chi connectivity index (χ1n) is 8.86. The summed E-state index contributed by atoms with van der Waals surface area (Å²) in [6.07, 6.45) is 0. The quantitative estimate of drug-likeness (QED) is 0.254. The van der Waals surface area contributed by atoms with Crippen LogP contribution in [0.4, 0.5) is 0 Å². The van der Waals surface area contributed by atoms with Crippen molar-refractivity contribution in [1.29, 1.82) is 5.26 Å². The molecule has 0 spiro atoms. The number of Topliss-reactive ketones (excluding diaryl/α,β-unsaturated/α-hetero) is 2. The topological polar surface area (TPSA) is 142 Å². The number of esters is 1. The van der Waals surface area contributed by atoms with E-state index in [9.17, 15) is 24.3 Å². The third-order valence-electron chi connectivity index (χ3n) is 4.67. The van der Waals surface area contributed by atoms with Gasteiger partial charge in [0, 0.05) is 16.7 Å². The number of fused-ring (bicyclic) bond motifs is 1. The zero-order chi connectivity index (χ0) is 22.0. The minimum atomic E-state index is -1.21. The second-order valence-corrected chi connectivity index (χ2v) is 6.40. The van der Waals surface area contributed by atoms with Crippen molar-refractivity contribution >= 4 is 29.3 Å². The van der Waals surface area contributed by atoms with E-state index < -0.39 is 40.8 Å². The zero-order valence-corrected chi connectivity index (χ0v) is 15.7. The molecule has 2 aromatic carbocycles. The molecule has 1 unspecified atom stereocenters. The lowest BCUT2D eigenvalue weighted by Crippen LogP contribution is -2.13. The van der Waals surface area contributed by atoms with Crippen molar-refractivity contribution in [2.24, 2.45) is 0 Å². The molecule has 2 N–H and O–H groups in total. The molecular weight excluding hydrogens is 390 g/mol. The monoisotopic (exact) mass is 405 g/mol. The molecule has 1 aliphatic rings. The molecule has 0 heterocycles. The Kier molecular flexibility index (Phi) is 5.47. The molecule has 0 amide bonds. The number of nitrogens with zero attached hydrogens (tertiary/aromatic N) is 1. The first-order valence-corrected chi connectivity index (χ1v) is 8.86. The highest BCUT2D eigenvalue weighted by molar-refractivity contribution is 6.30. The van der Waals surface area contributed by atoms with Crippen LogP contribution in [0, 0.1) is 11.3 Å². The molecule has 0 aliphatic heterocycles. The average molecular weight is 405 g/mol. The van der Waals surface area contributed by atoms with Crippen LogP contribution >= 0.6 is 0 Å². The Morgan fingerprint density at radius 2 is 1.60 bits per heavy atom. The van der Waals surface area contributed by atoms with Crippen LogP contribution in [-0.4, -0.2) is 40.3 Å². The molecule has 2 aromatic rings. The number of hydrogen-bond acceptors (Lipinski definition) is 7. The van der Waals surface area contributed by atoms with E-state index in [1.165, 1.54) is 42.5 Å². The molecule has 1 aliphatic carbocycles. The molecule has 8 heteroatoms. The molecule has 0 saturated heterocycles. The number of carbonyl (C=O) groups is 4. The zero-order valence-electron chi connectivity index (χ0n) is 15.7. The number of nitriles is 1. The largest absolute Gasteiger partial charge is 0.506 e. The number of aliphatic hydroxyl groups excluding tert-OH is 1. The number of carboxylic acid groups (broad SMARTS) is 1. The molecular formula is C22H15NO7. The lowest BCUT2D eigenvalue weighted by molar-refractivity contribution is -0.138. The molecule has 3 rings (SSSR count). The fourth-order valence-corrected chi connectivity index (χ4v) is 3.21. The lowest BCUT2D eigenvalue weighted by atomic mass is 9.93. The van der Waals surface area contributed by atoms with Crippen LogP contribution in [0.5, 0.6) is 0 Å². The summed E-state index contributed by atoms with van der Waals surface area (Å²) in [5.41, 5.74) is 0.00747. The van der Waals surface area contributed by atoms with Gasteiger partial charge in [0.25, 0.3) is 0 Å². The second-order valence-electron chi connectivity index (χ2n) is 6.40. The van der Waals surface area contributed by atoms with Crippen LogP contribution in [0.3, 0.4) is 0 Å². The summed E-state index contributed by atoms with van der Waals surface area (Å²) in [5.74, 6) is -4.86. The normalized spacial score (nSPS) is 15.8. The first-order chi connectivity index (χ1) is 14.3. The Morgan fingerprint density at radius 1 is 1.00 bits per heavy atom. The van der Waals surface area contributed by atoms with Crippen LogP contribution in [0.2, 0.25) is 0 Å². The second kappa shape index (κ2) is 8.01. The Morgan fingerprint density at radius 3 is 2.17 bits per heavy atom. The van der Waals surface area contributed by atoms with Crippen LogP contribution in [-0.2, 0) is 9.53 Å². The Labute approximate surface area is 170 Å². The molecule has 150 valence electrons. The summed E-state index contributed by atoms with van der Waals surface area (Å²) >= 11 is 0. The summed E-state index contributed by atoms with van der Waals surface area (Å²) in [7, 11) is 0. The van der Waals surface area contributed by atoms with E-state index in [1.54, 1.807) is 13.0 Å². The van der Waals surface area contributed by atoms with Gasteiger partial charge >= 0.3 is 11.9 Å². The van der Waals surface area contributed by atoms with Crippen LogP contribution in [0.25, 0.3) is 5.76 Å². The Bertz CT molecular complexity index is 1150. The van der Waals surface area contributed by atoms with E-state index in [0.717, 1.165) is 0 Å². The van der Waals surface area contributed by atoms with Crippen molar-refractivity contribution in [2.75, 3.05) is 6.61 Å². The third kappa shape index (κ3) is 3.44. The SMILES string of the molecule is CCOC(=O)C(C#N)=C(O)c1ccc(C2C(=O)c3ccc(C(=O)O)cc3C2=O)cc1. The average Bonchev–Trinajstić information content (AvgIpc) is 2.98. The summed E-state index contributed by atoms with van der Waals surface area (Å²) in [6, 6.07) is 10.9. The number of benzene rings is 2. The molecule has 0 saturated carbocycles. The van der Waals surface area contributed by atoms with Crippen molar-refractivity contribution in [3.63, 3.8) is 0 Å². The van der Waals surface area contributed by atoms with Gasteiger partial charge in [-0.3, -0.25) is 9.59 Å². The van der Waals surface area contributed by atoms with E-state index >= 15 is 0 Å². The van der Waals surface area contributed by atoms with Gasteiger partial charge in [0.05, 0.1) is 12.2 Å². The van der Waals surface area contributed by atoms with Gasteiger partial charge in [-0.05, 0) is 30.7 Å². The predicted molar refractivity (Wildman–Crippen MR) is 103 cm³/mol. The summed E-state index contributed by atoms with van der Waals surface area (Å²) < 4.78 is 4.72. The Balaban J connectivity index is 1.94. The molecule has 0 aromatic heterocycles. The van der Waals surface area contributed by atoms with Crippen molar-refractivity contribution in [3.05, 3.63) is 75.9 Å². The molecule has 0 bridgehead atoms. The summed E-state index contributed by atoms with van der Waals surface area (Å²) in [4.78, 5) is 48.3. The number of hydrogen-bond donors (Lipinski definition) is 2. The predicted octanol–water partition coefficient (Wildman–Crippen LogP) is 2.90. The van der Waals surface area contributed by atoms with Gasteiger partial charge in [0.1, 0.15) is 17.7 Å². The standard InChI is InChI=1S/C22H15NO7/c1-2-30-22(29)16(10-23)18(24)12-5-3-11(4-6-12)17-19(25)14-8-7-13(21(27)28)9-15(14)20(17)26/h3-9,17,24H,2H2,1H3,(H,27,28). The van der Waals surface area contributed by atoms with E-state index in [0.29, 0.717) is 5.56 Å². The molecule has 8 nitrogen and oxygen atoms in total. The highest BCUT2D eigenvalue weighted by Crippen LogP contribution is 2.35. The number of carboxylic acids is 1. The van der Waals surface area contributed by atoms with Crippen molar-refractivity contribution in [1.82, 2.24) is 0 Å². The fourth-order valence-electron chi connectivity index (χ4n) is 3.21. The first kappa shape index (κ1) is 20.5. The summed E-state index contributed by atoms with van der Waals surface area (Å²) in [6.45, 7) is 1.60. The molecule has 0 radical (unpaired) electrons. The van der Waals surface area contributed by atoms with Gasteiger partial charge in [-0.2, -0.15) is 5.26 Å². The maximum absolute atomic E-state index is 12.7. The van der Waals surface area contributed by atoms with E-state index in [2.05, 4.69) is 0 Å². The van der Waals surface area contributed by atoms with Crippen molar-refractivity contribution in [2.45, 2.75) is 12.8 Å². The van der Waals surface area contributed by atoms with Gasteiger partial charge in [0.15, 0.2) is 17.1 Å². The third-order valence-corrected chi connectivity index (χ3v) is 4.67. The maximum atomic E-state index is 12.7. The highest BCUT2D eigenvalue weighted by Gasteiger charge is 2.40. The molecule has 0 fully saturated rings. The van der Waals surface area contributed by atoms with E-state index in [-0.39, 0.29) is 28.9 Å². The van der Waals surface area contributed by atoms with Crippen LogP contribution < -0.4 is 0 Å². The van der Waals surface area contributed by atoms with E-state index in [4.69, 9.17) is 15.1 Å².